The lowest BCUT2D eigenvalue weighted by molar-refractivity contribution is 1.29. The van der Waals surface area contributed by atoms with Crippen LogP contribution in [0.1, 0.15) is 0 Å². The van der Waals surface area contributed by atoms with Crippen molar-refractivity contribution in [2.75, 3.05) is 0 Å². The minimum absolute atomic E-state index is 0.712. The first-order valence-corrected chi connectivity index (χ1v) is 5.58. The van der Waals surface area contributed by atoms with Crippen LogP contribution in [-0.2, 0) is 0 Å². The second-order valence-electron chi connectivity index (χ2n) is 4.01. The fraction of sp³-hybridized carbons (Fsp3) is 0. The summed E-state index contributed by atoms with van der Waals surface area (Å²) in [5, 5.41) is 0. The van der Waals surface area contributed by atoms with E-state index in [-0.39, 0.29) is 0 Å². The summed E-state index contributed by atoms with van der Waals surface area (Å²) < 4.78 is 0. The molecule has 18 heavy (non-hydrogen) atoms. The maximum Gasteiger partial charge on any atom is 0.178 e. The summed E-state index contributed by atoms with van der Waals surface area (Å²) in [5.74, 6) is 0.773. The molecule has 2 N–H and O–H groups in total. The van der Waals surface area contributed by atoms with E-state index in [9.17, 15) is 0 Å². The summed E-state index contributed by atoms with van der Waals surface area (Å²) in [6.45, 7) is 0. The summed E-state index contributed by atoms with van der Waals surface area (Å²) in [4.78, 5) is 19.1. The summed E-state index contributed by atoms with van der Waals surface area (Å²) in [7, 11) is 0. The zero-order valence-corrected chi connectivity index (χ0v) is 9.31. The van der Waals surface area contributed by atoms with Crippen molar-refractivity contribution in [1.82, 2.24) is 24.9 Å². The lowest BCUT2D eigenvalue weighted by Crippen LogP contribution is -1.82. The first kappa shape index (κ1) is 9.35. The molecule has 0 aliphatic heterocycles. The van der Waals surface area contributed by atoms with Crippen molar-refractivity contribution in [3.05, 3.63) is 42.9 Å². The van der Waals surface area contributed by atoms with Crippen molar-refractivity contribution in [2.45, 2.75) is 0 Å². The number of aromatic amines is 2. The Bertz CT molecular complexity index is 809. The Hall–Kier alpha value is -2.69. The summed E-state index contributed by atoms with van der Waals surface area (Å²) >= 11 is 0. The summed E-state index contributed by atoms with van der Waals surface area (Å²) in [6.07, 6.45) is 4.48. The molecule has 5 nitrogen and oxygen atoms in total. The third-order valence-electron chi connectivity index (χ3n) is 2.91. The van der Waals surface area contributed by atoms with E-state index in [1.165, 1.54) is 0 Å². The Balaban J connectivity index is 2.04. The molecule has 0 spiro atoms. The van der Waals surface area contributed by atoms with Gasteiger partial charge >= 0.3 is 0 Å². The van der Waals surface area contributed by atoms with Gasteiger partial charge in [0.1, 0.15) is 11.3 Å². The quantitative estimate of drug-likeness (QED) is 0.531. The van der Waals surface area contributed by atoms with Crippen LogP contribution in [0.5, 0.6) is 0 Å². The fourth-order valence-corrected chi connectivity index (χ4v) is 2.07. The number of imidazole rings is 2. The smallest absolute Gasteiger partial charge is 0.178 e. The molecule has 3 aromatic heterocycles. The Morgan fingerprint density at radius 1 is 1.06 bits per heavy atom. The highest BCUT2D eigenvalue weighted by Gasteiger charge is 2.10. The molecule has 4 aromatic rings. The average Bonchev–Trinajstić information content (AvgIpc) is 3.04. The van der Waals surface area contributed by atoms with E-state index in [1.807, 2.05) is 30.3 Å². The van der Waals surface area contributed by atoms with Crippen LogP contribution in [0.25, 0.3) is 33.6 Å². The highest BCUT2D eigenvalue weighted by molar-refractivity contribution is 5.91. The summed E-state index contributed by atoms with van der Waals surface area (Å²) in [5.41, 5.74) is 4.38. The van der Waals surface area contributed by atoms with Crippen LogP contribution in [0.2, 0.25) is 0 Å². The molecule has 0 aliphatic carbocycles. The van der Waals surface area contributed by atoms with Crippen molar-refractivity contribution in [2.24, 2.45) is 0 Å². The van der Waals surface area contributed by atoms with Gasteiger partial charge in [-0.1, -0.05) is 6.07 Å². The minimum atomic E-state index is 0.712. The van der Waals surface area contributed by atoms with Gasteiger partial charge in [-0.05, 0) is 24.3 Å². The zero-order chi connectivity index (χ0) is 11.9. The van der Waals surface area contributed by atoms with E-state index in [2.05, 4.69) is 31.2 Å². The third kappa shape index (κ3) is 1.24. The highest BCUT2D eigenvalue weighted by Crippen LogP contribution is 2.25. The first-order chi connectivity index (χ1) is 8.92. The van der Waals surface area contributed by atoms with E-state index in [4.69, 9.17) is 0 Å². The number of rotatable bonds is 1. The number of benzene rings is 1. The van der Waals surface area contributed by atoms with Crippen LogP contribution < -0.4 is 0 Å². The molecule has 5 heteroatoms. The largest absolute Gasteiger partial charge is 0.337 e. The van der Waals surface area contributed by atoms with Crippen LogP contribution in [0.15, 0.2) is 36.5 Å². The molecular weight excluding hydrogens is 226 g/mol. The number of aromatic nitrogens is 5. The lowest BCUT2D eigenvalue weighted by Gasteiger charge is -1.97. The van der Waals surface area contributed by atoms with E-state index in [1.54, 1.807) is 6.20 Å². The van der Waals surface area contributed by atoms with E-state index < -0.39 is 0 Å². The number of H-pyrrole nitrogens is 2. The van der Waals surface area contributed by atoms with Crippen LogP contribution in [-0.4, -0.2) is 24.9 Å². The van der Waals surface area contributed by atoms with Gasteiger partial charge in [-0.2, -0.15) is 0 Å². The number of hydrogen-bond donors (Lipinski definition) is 2. The standard InChI is InChI=1S/C13H8N5/c1-3-8(11-9(4-1)15-7-16-11)12-17-10-5-2-6-14-13(10)18-12/h1-6H,(H,15,16)(H,14,17,18). The molecule has 3 heterocycles. The Morgan fingerprint density at radius 3 is 2.94 bits per heavy atom. The Labute approximate surface area is 102 Å². The number of fused-ring (bicyclic) bond motifs is 2. The Kier molecular flexibility index (Phi) is 1.77. The number of nitrogens with zero attached hydrogens (tertiary/aromatic N) is 3. The van der Waals surface area contributed by atoms with Gasteiger partial charge in [-0.25, -0.2) is 15.0 Å². The maximum absolute atomic E-state index is 4.48. The van der Waals surface area contributed by atoms with Crippen LogP contribution in [0.4, 0.5) is 0 Å². The molecule has 0 bridgehead atoms. The topological polar surface area (TPSA) is 70.2 Å². The van der Waals surface area contributed by atoms with Gasteiger partial charge in [0.15, 0.2) is 12.0 Å². The first-order valence-electron chi connectivity index (χ1n) is 5.58. The maximum atomic E-state index is 4.48. The molecule has 1 radical (unpaired) electrons. The molecule has 0 saturated heterocycles. The second kappa shape index (κ2) is 3.40. The predicted molar refractivity (Wildman–Crippen MR) is 67.8 cm³/mol. The molecular formula is C13H8N5. The normalized spacial score (nSPS) is 11.3. The van der Waals surface area contributed by atoms with E-state index in [0.29, 0.717) is 5.65 Å². The number of pyridine rings is 1. The molecule has 0 unspecified atom stereocenters. The van der Waals surface area contributed by atoms with Crippen molar-refractivity contribution >= 4 is 22.2 Å². The SMILES string of the molecule is [c]1nc2c(-c3nc4ncccc4[nH]3)cccc2[nH]1. The zero-order valence-electron chi connectivity index (χ0n) is 9.31. The van der Waals surface area contributed by atoms with Gasteiger partial charge in [0.2, 0.25) is 0 Å². The number of hydrogen-bond acceptors (Lipinski definition) is 3. The molecule has 0 atom stereocenters. The van der Waals surface area contributed by atoms with Crippen LogP contribution in [0, 0.1) is 6.33 Å². The number of para-hydroxylation sites is 1. The van der Waals surface area contributed by atoms with Crippen molar-refractivity contribution < 1.29 is 0 Å². The monoisotopic (exact) mass is 234 g/mol. The highest BCUT2D eigenvalue weighted by atomic mass is 15.0. The van der Waals surface area contributed by atoms with E-state index >= 15 is 0 Å². The van der Waals surface area contributed by atoms with Crippen LogP contribution >= 0.6 is 0 Å². The fourth-order valence-electron chi connectivity index (χ4n) is 2.07. The second-order valence-corrected chi connectivity index (χ2v) is 4.01. The van der Waals surface area contributed by atoms with Gasteiger partial charge in [0, 0.05) is 11.8 Å². The minimum Gasteiger partial charge on any atom is -0.337 e. The van der Waals surface area contributed by atoms with Gasteiger partial charge in [-0.15, -0.1) is 0 Å². The molecule has 1 aromatic carbocycles. The molecule has 0 amide bonds. The van der Waals surface area contributed by atoms with E-state index in [0.717, 1.165) is 27.9 Å². The molecule has 4 rings (SSSR count). The van der Waals surface area contributed by atoms with Gasteiger partial charge < -0.3 is 9.97 Å². The van der Waals surface area contributed by atoms with Gasteiger partial charge in [0.25, 0.3) is 0 Å². The average molecular weight is 234 g/mol. The van der Waals surface area contributed by atoms with Crippen molar-refractivity contribution in [1.29, 1.82) is 0 Å². The lowest BCUT2D eigenvalue weighted by atomic mass is 10.2. The van der Waals surface area contributed by atoms with Crippen molar-refractivity contribution in [3.63, 3.8) is 0 Å². The molecule has 0 aliphatic rings. The summed E-state index contributed by atoms with van der Waals surface area (Å²) in [6, 6.07) is 9.74. The van der Waals surface area contributed by atoms with Gasteiger partial charge in [-0.3, -0.25) is 0 Å². The van der Waals surface area contributed by atoms with Crippen molar-refractivity contribution in [3.8, 4) is 11.4 Å². The Morgan fingerprint density at radius 2 is 2.00 bits per heavy atom. The van der Waals surface area contributed by atoms with Gasteiger partial charge in [0.05, 0.1) is 11.0 Å². The molecule has 85 valence electrons. The molecule has 0 saturated carbocycles. The third-order valence-corrected chi connectivity index (χ3v) is 2.91. The predicted octanol–water partition coefficient (Wildman–Crippen LogP) is 2.30. The number of nitrogens with one attached hydrogen (secondary N) is 2. The van der Waals surface area contributed by atoms with Crippen LogP contribution in [0.3, 0.4) is 0 Å². The molecule has 0 fully saturated rings.